The average Bonchev–Trinajstić information content (AvgIpc) is 2.56. The number of benzene rings is 2. The summed E-state index contributed by atoms with van der Waals surface area (Å²) in [6.07, 6.45) is 0.200. The van der Waals surface area contributed by atoms with Gasteiger partial charge in [-0.15, -0.1) is 0 Å². The van der Waals surface area contributed by atoms with E-state index in [4.69, 9.17) is 21.1 Å². The summed E-state index contributed by atoms with van der Waals surface area (Å²) in [5.41, 5.74) is 0.667. The molecular weight excluding hydrogens is 333 g/mol. The molecule has 2 aromatic carbocycles. The Kier molecular flexibility index (Phi) is 6.44. The number of methoxy groups -OCH3 is 1. The second-order valence-corrected chi connectivity index (χ2v) is 5.67. The van der Waals surface area contributed by atoms with Gasteiger partial charge in [0.25, 0.3) is 0 Å². The quantitative estimate of drug-likeness (QED) is 0.815. The van der Waals surface area contributed by atoms with Gasteiger partial charge in [-0.25, -0.2) is 4.39 Å². The van der Waals surface area contributed by atoms with Gasteiger partial charge in [0.1, 0.15) is 5.75 Å². The molecule has 1 N–H and O–H groups in total. The Balaban J connectivity index is 1.81. The van der Waals surface area contributed by atoms with Crippen molar-refractivity contribution in [2.75, 3.05) is 13.7 Å². The molecule has 0 saturated carbocycles. The van der Waals surface area contributed by atoms with Crippen LogP contribution >= 0.6 is 11.6 Å². The summed E-state index contributed by atoms with van der Waals surface area (Å²) in [7, 11) is 1.41. The van der Waals surface area contributed by atoms with Crippen molar-refractivity contribution >= 4 is 17.5 Å². The summed E-state index contributed by atoms with van der Waals surface area (Å²) >= 11 is 5.79. The summed E-state index contributed by atoms with van der Waals surface area (Å²) in [5, 5.41) is 3.43. The number of amides is 1. The van der Waals surface area contributed by atoms with Crippen LogP contribution in [0.4, 0.5) is 4.39 Å². The van der Waals surface area contributed by atoms with Crippen molar-refractivity contribution in [1.82, 2.24) is 5.32 Å². The number of nitrogens with one attached hydrogen (secondary N) is 1. The van der Waals surface area contributed by atoms with Crippen LogP contribution in [0, 0.1) is 5.82 Å². The van der Waals surface area contributed by atoms with Gasteiger partial charge in [0.2, 0.25) is 5.91 Å². The van der Waals surface area contributed by atoms with E-state index in [0.29, 0.717) is 16.3 Å². The molecule has 0 saturated heterocycles. The molecule has 0 aliphatic carbocycles. The number of carbonyl (C=O) groups is 1. The van der Waals surface area contributed by atoms with Crippen molar-refractivity contribution in [3.05, 3.63) is 58.9 Å². The highest BCUT2D eigenvalue weighted by atomic mass is 35.5. The second kappa shape index (κ2) is 8.55. The van der Waals surface area contributed by atoms with Gasteiger partial charge in [0.05, 0.1) is 26.2 Å². The molecule has 0 aliphatic rings. The van der Waals surface area contributed by atoms with Crippen molar-refractivity contribution in [2.45, 2.75) is 19.4 Å². The van der Waals surface area contributed by atoms with E-state index in [1.54, 1.807) is 37.3 Å². The van der Waals surface area contributed by atoms with E-state index >= 15 is 0 Å². The first-order chi connectivity index (χ1) is 11.5. The first-order valence-electron chi connectivity index (χ1n) is 7.50. The zero-order valence-corrected chi connectivity index (χ0v) is 14.3. The van der Waals surface area contributed by atoms with Gasteiger partial charge in [0, 0.05) is 5.02 Å². The molecule has 0 radical (unpaired) electrons. The number of hydrogen-bond acceptors (Lipinski definition) is 3. The normalized spacial score (nSPS) is 11.7. The number of carbonyl (C=O) groups excluding carboxylic acids is 1. The summed E-state index contributed by atoms with van der Waals surface area (Å²) < 4.78 is 24.0. The minimum absolute atomic E-state index is 0.173. The Hall–Kier alpha value is -2.27. The maximum Gasteiger partial charge on any atom is 0.223 e. The zero-order valence-electron chi connectivity index (χ0n) is 13.5. The molecule has 0 fully saturated rings. The van der Waals surface area contributed by atoms with E-state index in [1.165, 1.54) is 19.2 Å². The van der Waals surface area contributed by atoms with Crippen LogP contribution in [0.2, 0.25) is 5.02 Å². The van der Waals surface area contributed by atoms with Crippen LogP contribution in [-0.4, -0.2) is 19.6 Å². The van der Waals surface area contributed by atoms with Gasteiger partial charge in [-0.3, -0.25) is 4.79 Å². The highest BCUT2D eigenvalue weighted by Crippen LogP contribution is 2.21. The van der Waals surface area contributed by atoms with E-state index in [9.17, 15) is 9.18 Å². The van der Waals surface area contributed by atoms with Gasteiger partial charge in [-0.2, -0.15) is 0 Å². The van der Waals surface area contributed by atoms with Crippen LogP contribution in [0.3, 0.4) is 0 Å². The molecule has 0 unspecified atom stereocenters. The molecule has 6 heteroatoms. The highest BCUT2D eigenvalue weighted by molar-refractivity contribution is 6.30. The lowest BCUT2D eigenvalue weighted by molar-refractivity contribution is -0.122. The van der Waals surface area contributed by atoms with E-state index in [-0.39, 0.29) is 30.7 Å². The third kappa shape index (κ3) is 5.13. The lowest BCUT2D eigenvalue weighted by Gasteiger charge is -2.15. The minimum atomic E-state index is -0.456. The molecule has 128 valence electrons. The summed E-state index contributed by atoms with van der Waals surface area (Å²) in [6, 6.07) is 11.2. The summed E-state index contributed by atoms with van der Waals surface area (Å²) in [6.45, 7) is 2.04. The molecule has 0 aromatic heterocycles. The third-order valence-electron chi connectivity index (χ3n) is 3.46. The summed E-state index contributed by atoms with van der Waals surface area (Å²) in [4.78, 5) is 11.9. The minimum Gasteiger partial charge on any atom is -0.494 e. The summed E-state index contributed by atoms with van der Waals surface area (Å²) in [5.74, 6) is 0.195. The van der Waals surface area contributed by atoms with E-state index in [2.05, 4.69) is 5.32 Å². The fourth-order valence-electron chi connectivity index (χ4n) is 2.14. The lowest BCUT2D eigenvalue weighted by Crippen LogP contribution is -2.27. The van der Waals surface area contributed by atoms with Gasteiger partial charge in [0.15, 0.2) is 11.6 Å². The zero-order chi connectivity index (χ0) is 17.5. The van der Waals surface area contributed by atoms with E-state index in [0.717, 1.165) is 0 Å². The van der Waals surface area contributed by atoms with Gasteiger partial charge < -0.3 is 14.8 Å². The van der Waals surface area contributed by atoms with Crippen molar-refractivity contribution < 1.29 is 18.7 Å². The predicted octanol–water partition coefficient (Wildman–Crippen LogP) is 4.13. The smallest absolute Gasteiger partial charge is 0.223 e. The van der Waals surface area contributed by atoms with Gasteiger partial charge in [-0.05, 0) is 48.9 Å². The molecule has 0 bridgehead atoms. The monoisotopic (exact) mass is 351 g/mol. The van der Waals surface area contributed by atoms with Crippen molar-refractivity contribution in [2.24, 2.45) is 0 Å². The first-order valence-corrected chi connectivity index (χ1v) is 7.88. The maximum absolute atomic E-state index is 13.7. The van der Waals surface area contributed by atoms with E-state index in [1.807, 2.05) is 0 Å². The van der Waals surface area contributed by atoms with Crippen molar-refractivity contribution in [3.63, 3.8) is 0 Å². The number of ether oxygens (including phenoxy) is 2. The lowest BCUT2D eigenvalue weighted by atomic mass is 10.1. The predicted molar refractivity (Wildman–Crippen MR) is 91.1 cm³/mol. The van der Waals surface area contributed by atoms with Crippen LogP contribution in [0.15, 0.2) is 42.5 Å². The fourth-order valence-corrected chi connectivity index (χ4v) is 2.27. The largest absolute Gasteiger partial charge is 0.494 e. The molecule has 0 heterocycles. The Morgan fingerprint density at radius 3 is 2.58 bits per heavy atom. The van der Waals surface area contributed by atoms with Gasteiger partial charge in [-0.1, -0.05) is 17.7 Å². The van der Waals surface area contributed by atoms with Crippen LogP contribution < -0.4 is 14.8 Å². The average molecular weight is 352 g/mol. The first kappa shape index (κ1) is 18.1. The number of hydrogen-bond donors (Lipinski definition) is 1. The van der Waals surface area contributed by atoms with Gasteiger partial charge >= 0.3 is 0 Å². The third-order valence-corrected chi connectivity index (χ3v) is 3.72. The fraction of sp³-hybridized carbons (Fsp3) is 0.278. The number of halogens is 2. The maximum atomic E-state index is 13.7. The molecule has 0 aliphatic heterocycles. The molecule has 1 atom stereocenters. The molecule has 24 heavy (non-hydrogen) atoms. The Morgan fingerprint density at radius 1 is 1.25 bits per heavy atom. The standard InChI is InChI=1S/C18H19ClFNO3/c1-12(13-3-8-17(23-2)16(20)11-13)21-18(22)9-10-24-15-6-4-14(19)5-7-15/h3-8,11-12H,9-10H2,1-2H3,(H,21,22)/t12-/m0/s1. The topological polar surface area (TPSA) is 47.6 Å². The van der Waals surface area contributed by atoms with Crippen molar-refractivity contribution in [3.8, 4) is 11.5 Å². The van der Waals surface area contributed by atoms with Crippen LogP contribution in [0.1, 0.15) is 24.9 Å². The Bertz CT molecular complexity index is 691. The molecule has 4 nitrogen and oxygen atoms in total. The molecule has 2 rings (SSSR count). The number of rotatable bonds is 7. The molecule has 0 spiro atoms. The molecule has 2 aromatic rings. The molecular formula is C18H19ClFNO3. The van der Waals surface area contributed by atoms with Crippen LogP contribution in [0.5, 0.6) is 11.5 Å². The Labute approximate surface area is 145 Å². The molecule has 1 amide bonds. The van der Waals surface area contributed by atoms with Crippen molar-refractivity contribution in [1.29, 1.82) is 0 Å². The van der Waals surface area contributed by atoms with E-state index < -0.39 is 5.82 Å². The van der Waals surface area contributed by atoms with Crippen LogP contribution in [0.25, 0.3) is 0 Å². The Morgan fingerprint density at radius 2 is 1.96 bits per heavy atom. The highest BCUT2D eigenvalue weighted by Gasteiger charge is 2.12. The second-order valence-electron chi connectivity index (χ2n) is 5.24. The van der Waals surface area contributed by atoms with Crippen LogP contribution in [-0.2, 0) is 4.79 Å². The SMILES string of the molecule is COc1ccc([C@H](C)NC(=O)CCOc2ccc(Cl)cc2)cc1F.